The molecule has 3 aromatic carbocycles. The molecule has 0 unspecified atom stereocenters. The first-order valence-electron chi connectivity index (χ1n) is 10.1. The fourth-order valence-electron chi connectivity index (χ4n) is 3.13. The average molecular weight is 478 g/mol. The Bertz CT molecular complexity index is 1220. The quantitative estimate of drug-likeness (QED) is 0.371. The van der Waals surface area contributed by atoms with Gasteiger partial charge < -0.3 is 10.6 Å². The van der Waals surface area contributed by atoms with Crippen LogP contribution in [-0.4, -0.2) is 29.3 Å². The van der Waals surface area contributed by atoms with Gasteiger partial charge in [0.2, 0.25) is 5.91 Å². The Morgan fingerprint density at radius 3 is 2.21 bits per heavy atom. The molecule has 0 spiro atoms. The second-order valence-electron chi connectivity index (χ2n) is 7.42. The number of nitrogens with one attached hydrogen (secondary N) is 2. The van der Waals surface area contributed by atoms with E-state index in [1.165, 1.54) is 0 Å². The lowest BCUT2D eigenvalue weighted by Gasteiger charge is -2.12. The number of hydrogen-bond acceptors (Lipinski definition) is 4. The van der Waals surface area contributed by atoms with E-state index in [2.05, 4.69) is 10.6 Å². The van der Waals surface area contributed by atoms with Gasteiger partial charge in [0.15, 0.2) is 0 Å². The molecule has 6 nitrogen and oxygen atoms in total. The molecule has 33 heavy (non-hydrogen) atoms. The molecule has 0 aromatic heterocycles. The van der Waals surface area contributed by atoms with Crippen LogP contribution in [0.2, 0.25) is 5.02 Å². The van der Waals surface area contributed by atoms with Crippen LogP contribution >= 0.6 is 23.4 Å². The number of amides is 4. The van der Waals surface area contributed by atoms with Crippen LogP contribution in [0.25, 0.3) is 6.08 Å². The van der Waals surface area contributed by atoms with Crippen molar-refractivity contribution in [1.29, 1.82) is 0 Å². The van der Waals surface area contributed by atoms with Crippen LogP contribution < -0.4 is 10.6 Å². The maximum atomic E-state index is 12.7. The summed E-state index contributed by atoms with van der Waals surface area (Å²) in [6.07, 6.45) is 1.59. The van der Waals surface area contributed by atoms with E-state index in [-0.39, 0.29) is 12.2 Å². The lowest BCUT2D eigenvalue weighted by atomic mass is 10.2. The van der Waals surface area contributed by atoms with Crippen LogP contribution in [0.4, 0.5) is 10.5 Å². The number of aryl methyl sites for hydroxylation is 1. The molecule has 0 radical (unpaired) electrons. The molecular formula is C25H20ClN3O3S. The number of carbonyl (C=O) groups is 3. The normalized spacial score (nSPS) is 14.5. The third-order valence-electron chi connectivity index (χ3n) is 4.84. The molecular weight excluding hydrogens is 458 g/mol. The van der Waals surface area contributed by atoms with Crippen molar-refractivity contribution in [1.82, 2.24) is 10.2 Å². The average Bonchev–Trinajstić information content (AvgIpc) is 3.05. The summed E-state index contributed by atoms with van der Waals surface area (Å²) < 4.78 is 0. The van der Waals surface area contributed by atoms with Gasteiger partial charge in [0.1, 0.15) is 12.2 Å². The largest absolute Gasteiger partial charge is 0.329 e. The Hall–Kier alpha value is -3.55. The first-order valence-corrected chi connectivity index (χ1v) is 11.3. The number of rotatable bonds is 6. The predicted molar refractivity (Wildman–Crippen MR) is 130 cm³/mol. The molecule has 166 valence electrons. The summed E-state index contributed by atoms with van der Waals surface area (Å²) in [6, 6.07) is 21.8. The van der Waals surface area contributed by atoms with E-state index in [9.17, 15) is 14.4 Å². The Morgan fingerprint density at radius 2 is 1.58 bits per heavy atom. The van der Waals surface area contributed by atoms with Gasteiger partial charge in [-0.3, -0.25) is 9.59 Å². The third-order valence-corrected chi connectivity index (χ3v) is 6.11. The second kappa shape index (κ2) is 9.94. The summed E-state index contributed by atoms with van der Waals surface area (Å²) in [5, 5.41) is 5.91. The number of halogens is 1. The van der Waals surface area contributed by atoms with Gasteiger partial charge in [-0.2, -0.15) is 0 Å². The first-order chi connectivity index (χ1) is 15.9. The number of hydrogen-bond donors (Lipinski definition) is 2. The molecule has 8 heteroatoms. The van der Waals surface area contributed by atoms with Crippen molar-refractivity contribution in [3.63, 3.8) is 0 Å². The number of benzene rings is 3. The van der Waals surface area contributed by atoms with Gasteiger partial charge in [-0.25, -0.2) is 9.69 Å². The maximum absolute atomic E-state index is 12.7. The highest BCUT2D eigenvalue weighted by molar-refractivity contribution is 7.99. The van der Waals surface area contributed by atoms with Gasteiger partial charge in [-0.15, -0.1) is 0 Å². The predicted octanol–water partition coefficient (Wildman–Crippen LogP) is 5.33. The fraction of sp³-hybridized carbons (Fsp3) is 0.0800. The van der Waals surface area contributed by atoms with Crippen molar-refractivity contribution in [3.05, 3.63) is 94.6 Å². The van der Waals surface area contributed by atoms with Crippen molar-refractivity contribution >= 4 is 53.0 Å². The van der Waals surface area contributed by atoms with E-state index in [0.29, 0.717) is 10.7 Å². The van der Waals surface area contributed by atoms with Crippen LogP contribution in [0.15, 0.2) is 88.3 Å². The third kappa shape index (κ3) is 5.83. The highest BCUT2D eigenvalue weighted by Gasteiger charge is 2.34. The molecule has 0 saturated carbocycles. The van der Waals surface area contributed by atoms with E-state index in [1.807, 2.05) is 67.6 Å². The van der Waals surface area contributed by atoms with Crippen LogP contribution in [0, 0.1) is 6.92 Å². The Labute approximate surface area is 200 Å². The molecule has 1 fully saturated rings. The molecule has 0 atom stereocenters. The zero-order valence-corrected chi connectivity index (χ0v) is 19.2. The van der Waals surface area contributed by atoms with Gasteiger partial charge in [-0.1, -0.05) is 53.2 Å². The highest BCUT2D eigenvalue weighted by atomic mass is 35.5. The van der Waals surface area contributed by atoms with Crippen molar-refractivity contribution in [2.24, 2.45) is 0 Å². The number of anilines is 1. The summed E-state index contributed by atoms with van der Waals surface area (Å²) >= 11 is 7.51. The molecule has 4 rings (SSSR count). The molecule has 1 saturated heterocycles. The van der Waals surface area contributed by atoms with Gasteiger partial charge in [0.25, 0.3) is 5.91 Å². The molecule has 4 amide bonds. The monoisotopic (exact) mass is 477 g/mol. The molecule has 2 N–H and O–H groups in total. The Morgan fingerprint density at radius 1 is 0.970 bits per heavy atom. The summed E-state index contributed by atoms with van der Waals surface area (Å²) in [5.41, 5.74) is 2.55. The standard InChI is InChI=1S/C25H20ClN3O3S/c1-16-2-8-19(9-3-16)27-23(30)15-29-24(31)22(28-25(29)32)14-17-4-10-20(11-5-17)33-21-12-6-18(26)7-13-21/h2-14H,15H2,1H3,(H,27,30)(H,28,32)/b22-14-. The van der Waals surface area contributed by atoms with Gasteiger partial charge in [0, 0.05) is 20.5 Å². The molecule has 3 aromatic rings. The van der Waals surface area contributed by atoms with Crippen LogP contribution in [0.1, 0.15) is 11.1 Å². The van der Waals surface area contributed by atoms with Crippen LogP contribution in [-0.2, 0) is 9.59 Å². The number of urea groups is 1. The maximum Gasteiger partial charge on any atom is 0.329 e. The topological polar surface area (TPSA) is 78.5 Å². The summed E-state index contributed by atoms with van der Waals surface area (Å²) in [7, 11) is 0. The fourth-order valence-corrected chi connectivity index (χ4v) is 4.08. The minimum Gasteiger partial charge on any atom is -0.325 e. The summed E-state index contributed by atoms with van der Waals surface area (Å²) in [4.78, 5) is 40.2. The van der Waals surface area contributed by atoms with Crippen LogP contribution in [0.5, 0.6) is 0 Å². The minimum absolute atomic E-state index is 0.126. The van der Waals surface area contributed by atoms with E-state index < -0.39 is 17.8 Å². The first kappa shape index (κ1) is 22.6. The molecule has 1 aliphatic heterocycles. The second-order valence-corrected chi connectivity index (χ2v) is 9.00. The van der Waals surface area contributed by atoms with Crippen molar-refractivity contribution in [2.45, 2.75) is 16.7 Å². The summed E-state index contributed by atoms with van der Waals surface area (Å²) in [5.74, 6) is -0.995. The zero-order chi connectivity index (χ0) is 23.4. The van der Waals surface area contributed by atoms with Gasteiger partial charge >= 0.3 is 6.03 Å². The summed E-state index contributed by atoms with van der Waals surface area (Å²) in [6.45, 7) is 1.57. The SMILES string of the molecule is Cc1ccc(NC(=O)CN2C(=O)N/C(=C\c3ccc(Sc4ccc(Cl)cc4)cc3)C2=O)cc1. The lowest BCUT2D eigenvalue weighted by Crippen LogP contribution is -2.38. The molecule has 0 bridgehead atoms. The zero-order valence-electron chi connectivity index (χ0n) is 17.7. The van der Waals surface area contributed by atoms with E-state index in [1.54, 1.807) is 30.0 Å². The van der Waals surface area contributed by atoms with Gasteiger partial charge in [0.05, 0.1) is 0 Å². The van der Waals surface area contributed by atoms with E-state index in [0.717, 1.165) is 25.8 Å². The molecule has 1 heterocycles. The van der Waals surface area contributed by atoms with E-state index >= 15 is 0 Å². The van der Waals surface area contributed by atoms with Crippen molar-refractivity contribution in [3.8, 4) is 0 Å². The minimum atomic E-state index is -0.625. The molecule has 0 aliphatic carbocycles. The highest BCUT2D eigenvalue weighted by Crippen LogP contribution is 2.29. The Balaban J connectivity index is 1.39. The van der Waals surface area contributed by atoms with Crippen molar-refractivity contribution < 1.29 is 14.4 Å². The van der Waals surface area contributed by atoms with Crippen molar-refractivity contribution in [2.75, 3.05) is 11.9 Å². The van der Waals surface area contributed by atoms with E-state index in [4.69, 9.17) is 11.6 Å². The number of imide groups is 1. The lowest BCUT2D eigenvalue weighted by molar-refractivity contribution is -0.127. The van der Waals surface area contributed by atoms with Crippen LogP contribution in [0.3, 0.4) is 0 Å². The molecule has 1 aliphatic rings. The Kier molecular flexibility index (Phi) is 6.82. The van der Waals surface area contributed by atoms with Gasteiger partial charge in [-0.05, 0) is 67.1 Å². The number of carbonyl (C=O) groups excluding carboxylic acids is 3. The smallest absolute Gasteiger partial charge is 0.325 e. The number of nitrogens with zero attached hydrogens (tertiary/aromatic N) is 1.